The molecule has 1 aromatic carbocycles. The predicted octanol–water partition coefficient (Wildman–Crippen LogP) is 4.50. The number of urea groups is 1. The first-order valence-electron chi connectivity index (χ1n) is 10.8. The van der Waals surface area contributed by atoms with Gasteiger partial charge in [0.2, 0.25) is 0 Å². The van der Waals surface area contributed by atoms with E-state index in [1.54, 1.807) is 11.0 Å². The molecule has 1 aliphatic rings. The van der Waals surface area contributed by atoms with Crippen LogP contribution in [0.3, 0.4) is 0 Å². The number of carbonyl (C=O) groups excluding carboxylic acids is 1. The number of hydrogen-bond acceptors (Lipinski definition) is 7. The molecule has 1 aromatic heterocycles. The van der Waals surface area contributed by atoms with Gasteiger partial charge in [-0.25, -0.2) is 14.8 Å². The van der Waals surface area contributed by atoms with Crippen molar-refractivity contribution in [3.63, 3.8) is 0 Å². The van der Waals surface area contributed by atoms with Crippen molar-refractivity contribution in [1.29, 1.82) is 0 Å². The maximum atomic E-state index is 12.2. The normalized spacial score (nSPS) is 13.3. The van der Waals surface area contributed by atoms with Crippen molar-refractivity contribution in [2.24, 2.45) is 5.73 Å². The Morgan fingerprint density at radius 1 is 1.22 bits per heavy atom. The first-order valence-corrected chi connectivity index (χ1v) is 11.6. The molecule has 4 N–H and O–H groups in total. The third-order valence-electron chi connectivity index (χ3n) is 4.93. The van der Waals surface area contributed by atoms with Crippen LogP contribution in [0.1, 0.15) is 27.2 Å². The summed E-state index contributed by atoms with van der Waals surface area (Å²) in [6, 6.07) is 9.51. The van der Waals surface area contributed by atoms with E-state index >= 15 is 0 Å². The quantitative estimate of drug-likeness (QED) is 0.380. The van der Waals surface area contributed by atoms with Crippen LogP contribution in [-0.2, 0) is 0 Å². The average molecular weight is 454 g/mol. The summed E-state index contributed by atoms with van der Waals surface area (Å²) in [6.45, 7) is 13.0. The molecule has 1 aliphatic heterocycles. The van der Waals surface area contributed by atoms with Crippen LogP contribution in [0.2, 0.25) is 0 Å². The summed E-state index contributed by atoms with van der Waals surface area (Å²) < 4.78 is 0. The number of rotatable bonds is 9. The molecule has 9 heteroatoms. The summed E-state index contributed by atoms with van der Waals surface area (Å²) in [6.07, 6.45) is 2.93. The third kappa shape index (κ3) is 6.40. The fourth-order valence-corrected chi connectivity index (χ4v) is 3.90. The summed E-state index contributed by atoms with van der Waals surface area (Å²) in [5, 5.41) is 6.76. The lowest BCUT2D eigenvalue weighted by molar-refractivity contribution is 0.217. The molecule has 0 spiro atoms. The van der Waals surface area contributed by atoms with E-state index in [4.69, 9.17) is 10.7 Å². The molecule has 0 bridgehead atoms. The zero-order valence-corrected chi connectivity index (χ0v) is 19.7. The number of carbonyl (C=O) groups is 1. The van der Waals surface area contributed by atoms with Crippen LogP contribution in [0, 0.1) is 0 Å². The fraction of sp³-hybridized carbons (Fsp3) is 0.348. The van der Waals surface area contributed by atoms with Gasteiger partial charge in [0.25, 0.3) is 0 Å². The summed E-state index contributed by atoms with van der Waals surface area (Å²) in [7, 11) is 0. The number of aromatic nitrogens is 2. The van der Waals surface area contributed by atoms with E-state index in [2.05, 4.69) is 27.1 Å². The minimum Gasteiger partial charge on any atom is -0.402 e. The summed E-state index contributed by atoms with van der Waals surface area (Å²) in [5.74, 6) is 1.57. The number of anilines is 3. The Kier molecular flexibility index (Phi) is 7.99. The van der Waals surface area contributed by atoms with Gasteiger partial charge in [-0.2, -0.15) is 0 Å². The van der Waals surface area contributed by atoms with E-state index in [0.717, 1.165) is 35.9 Å². The lowest BCUT2D eigenvalue weighted by atomic mass is 10.2. The number of hydrogen-bond donors (Lipinski definition) is 3. The topological polar surface area (TPSA) is 99.4 Å². The molecule has 2 aromatic rings. The molecule has 170 valence electrons. The van der Waals surface area contributed by atoms with E-state index < -0.39 is 0 Å². The molecule has 0 aliphatic carbocycles. The highest BCUT2D eigenvalue weighted by Crippen LogP contribution is 2.30. The van der Waals surface area contributed by atoms with Crippen molar-refractivity contribution in [2.45, 2.75) is 37.2 Å². The summed E-state index contributed by atoms with van der Waals surface area (Å²) in [4.78, 5) is 26.5. The van der Waals surface area contributed by atoms with Gasteiger partial charge in [0.1, 0.15) is 11.6 Å². The van der Waals surface area contributed by atoms with Crippen LogP contribution in [-0.4, -0.2) is 47.1 Å². The van der Waals surface area contributed by atoms with Crippen molar-refractivity contribution in [3.8, 4) is 0 Å². The second-order valence-corrected chi connectivity index (χ2v) is 8.54. The highest BCUT2D eigenvalue weighted by atomic mass is 32.2. The fourth-order valence-electron chi connectivity index (χ4n) is 3.13. The lowest BCUT2D eigenvalue weighted by Crippen LogP contribution is -2.37. The van der Waals surface area contributed by atoms with Gasteiger partial charge in [-0.1, -0.05) is 6.58 Å². The van der Waals surface area contributed by atoms with Crippen LogP contribution in [0.15, 0.2) is 64.4 Å². The van der Waals surface area contributed by atoms with E-state index in [0.29, 0.717) is 35.5 Å². The van der Waals surface area contributed by atoms with Crippen LogP contribution < -0.4 is 21.3 Å². The number of amides is 2. The number of nitrogens with zero attached hydrogens (tertiary/aromatic N) is 4. The maximum Gasteiger partial charge on any atom is 0.321 e. The Labute approximate surface area is 194 Å². The SMILES string of the molecule is C=C(/C=C(/C)N)Nc1cc(N2CCC2)nc(Sc2ccc(NC(=O)N(CC)CC)cc2)n1. The number of allylic oxidation sites excluding steroid dienone is 2. The Morgan fingerprint density at radius 3 is 2.47 bits per heavy atom. The van der Waals surface area contributed by atoms with Crippen molar-refractivity contribution in [1.82, 2.24) is 14.9 Å². The Balaban J connectivity index is 1.74. The molecule has 1 saturated heterocycles. The van der Waals surface area contributed by atoms with E-state index in [9.17, 15) is 4.79 Å². The van der Waals surface area contributed by atoms with Crippen molar-refractivity contribution in [2.75, 3.05) is 41.7 Å². The molecule has 0 unspecified atom stereocenters. The smallest absolute Gasteiger partial charge is 0.321 e. The number of nitrogens with one attached hydrogen (secondary N) is 2. The van der Waals surface area contributed by atoms with Gasteiger partial charge in [0.05, 0.1) is 0 Å². The lowest BCUT2D eigenvalue weighted by Gasteiger charge is -2.32. The Morgan fingerprint density at radius 2 is 1.91 bits per heavy atom. The van der Waals surface area contributed by atoms with Gasteiger partial charge in [-0.15, -0.1) is 0 Å². The zero-order chi connectivity index (χ0) is 23.1. The highest BCUT2D eigenvalue weighted by molar-refractivity contribution is 7.99. The second-order valence-electron chi connectivity index (χ2n) is 7.50. The molecule has 0 saturated carbocycles. The minimum absolute atomic E-state index is 0.0984. The van der Waals surface area contributed by atoms with Crippen molar-refractivity contribution in [3.05, 3.63) is 54.4 Å². The standard InChI is InChI=1S/C23H31N7OS/c1-5-29(6-2)23(31)26-18-8-10-19(11-9-18)32-22-27-20(25-17(4)14-16(3)24)15-21(28-22)30-12-7-13-30/h8-11,14-15H,4-7,12-13,24H2,1-3H3,(H,26,31)(H,25,27,28)/b16-14-. The van der Waals surface area contributed by atoms with E-state index in [1.165, 1.54) is 11.8 Å². The third-order valence-corrected chi connectivity index (χ3v) is 5.80. The summed E-state index contributed by atoms with van der Waals surface area (Å²) >= 11 is 1.47. The molecule has 8 nitrogen and oxygen atoms in total. The van der Waals surface area contributed by atoms with E-state index in [-0.39, 0.29) is 6.03 Å². The minimum atomic E-state index is -0.0984. The monoisotopic (exact) mass is 453 g/mol. The predicted molar refractivity (Wildman–Crippen MR) is 132 cm³/mol. The molecule has 0 radical (unpaired) electrons. The van der Waals surface area contributed by atoms with Gasteiger partial charge >= 0.3 is 6.03 Å². The first-order chi connectivity index (χ1) is 15.4. The maximum absolute atomic E-state index is 12.2. The molecule has 2 heterocycles. The second kappa shape index (κ2) is 10.9. The van der Waals surface area contributed by atoms with Crippen molar-refractivity contribution >= 4 is 35.1 Å². The highest BCUT2D eigenvalue weighted by Gasteiger charge is 2.18. The molecular weight excluding hydrogens is 422 g/mol. The number of benzene rings is 1. The van der Waals surface area contributed by atoms with Gasteiger partial charge in [0, 0.05) is 54.2 Å². The van der Waals surface area contributed by atoms with Crippen molar-refractivity contribution < 1.29 is 4.79 Å². The molecule has 32 heavy (non-hydrogen) atoms. The van der Waals surface area contributed by atoms with E-state index in [1.807, 2.05) is 51.1 Å². The first kappa shape index (κ1) is 23.5. The van der Waals surface area contributed by atoms with Crippen LogP contribution in [0.25, 0.3) is 0 Å². The van der Waals surface area contributed by atoms with Gasteiger partial charge in [0.15, 0.2) is 5.16 Å². The average Bonchev–Trinajstić information content (AvgIpc) is 2.68. The molecule has 0 atom stereocenters. The van der Waals surface area contributed by atoms with Gasteiger partial charge in [-0.05, 0) is 69.3 Å². The Bertz CT molecular complexity index is 978. The van der Waals surface area contributed by atoms with Crippen LogP contribution in [0.5, 0.6) is 0 Å². The van der Waals surface area contributed by atoms with Crippen LogP contribution in [0.4, 0.5) is 22.1 Å². The largest absolute Gasteiger partial charge is 0.402 e. The number of nitrogens with two attached hydrogens (primary N) is 1. The molecule has 3 rings (SSSR count). The Hall–Kier alpha value is -3.20. The summed E-state index contributed by atoms with van der Waals surface area (Å²) in [5.41, 5.74) is 7.84. The zero-order valence-electron chi connectivity index (χ0n) is 18.9. The van der Waals surface area contributed by atoms with Crippen LogP contribution >= 0.6 is 11.8 Å². The van der Waals surface area contributed by atoms with Gasteiger partial charge in [-0.3, -0.25) is 0 Å². The molecule has 2 amide bonds. The molecular formula is C23H31N7OS. The van der Waals surface area contributed by atoms with Gasteiger partial charge < -0.3 is 26.2 Å². The molecule has 1 fully saturated rings.